The second kappa shape index (κ2) is 7.21. The highest BCUT2D eigenvalue weighted by atomic mass is 16.5. The first-order chi connectivity index (χ1) is 12.1. The molecular weight excluding hydrogens is 316 g/mol. The van der Waals surface area contributed by atoms with Crippen molar-refractivity contribution in [3.63, 3.8) is 0 Å². The Bertz CT molecular complexity index is 948. The number of ether oxygens (including phenoxy) is 1. The van der Waals surface area contributed by atoms with E-state index in [4.69, 9.17) is 4.74 Å². The fourth-order valence-corrected chi connectivity index (χ4v) is 2.77. The molecule has 0 saturated heterocycles. The molecule has 3 aromatic rings. The molecule has 0 atom stereocenters. The van der Waals surface area contributed by atoms with Crippen molar-refractivity contribution in [2.45, 2.75) is 19.9 Å². The van der Waals surface area contributed by atoms with Crippen molar-refractivity contribution in [3.05, 3.63) is 70.5 Å². The van der Waals surface area contributed by atoms with E-state index >= 15 is 0 Å². The summed E-state index contributed by atoms with van der Waals surface area (Å²) in [6.07, 6.45) is 0.369. The third-order valence-electron chi connectivity index (χ3n) is 4.13. The molecule has 3 rings (SSSR count). The van der Waals surface area contributed by atoms with E-state index in [0.29, 0.717) is 12.0 Å². The number of fused-ring (bicyclic) bond motifs is 1. The molecule has 5 heteroatoms. The number of methoxy groups -OCH3 is 1. The molecule has 0 aliphatic carbocycles. The van der Waals surface area contributed by atoms with Gasteiger partial charge in [-0.1, -0.05) is 25.1 Å². The van der Waals surface area contributed by atoms with Crippen LogP contribution < -0.4 is 15.2 Å². The molecule has 0 bridgehead atoms. The predicted octanol–water partition coefficient (Wildman–Crippen LogP) is 3.48. The van der Waals surface area contributed by atoms with Gasteiger partial charge in [0, 0.05) is 28.6 Å². The molecule has 0 unspecified atom stereocenters. The van der Waals surface area contributed by atoms with E-state index in [1.807, 2.05) is 55.5 Å². The van der Waals surface area contributed by atoms with Crippen molar-refractivity contribution in [1.82, 2.24) is 4.98 Å². The number of hydrogen-bond acceptors (Lipinski definition) is 3. The molecule has 5 nitrogen and oxygen atoms in total. The molecule has 128 valence electrons. The fraction of sp³-hybridized carbons (Fsp3) is 0.200. The Hall–Kier alpha value is -3.08. The molecule has 1 amide bonds. The number of rotatable bonds is 5. The van der Waals surface area contributed by atoms with Crippen molar-refractivity contribution in [2.24, 2.45) is 0 Å². The van der Waals surface area contributed by atoms with Crippen LogP contribution in [-0.2, 0) is 11.3 Å². The molecular formula is C20H20N2O3. The number of nitrogens with zero attached hydrogens (tertiary/aromatic N) is 1. The summed E-state index contributed by atoms with van der Waals surface area (Å²) in [6.45, 7) is 2.03. The van der Waals surface area contributed by atoms with Gasteiger partial charge in [-0.25, -0.2) is 0 Å². The monoisotopic (exact) mass is 336 g/mol. The van der Waals surface area contributed by atoms with E-state index in [-0.39, 0.29) is 18.0 Å². The molecule has 1 N–H and O–H groups in total. The van der Waals surface area contributed by atoms with Crippen LogP contribution in [0.4, 0.5) is 5.69 Å². The average Bonchev–Trinajstić information content (AvgIpc) is 2.66. The van der Waals surface area contributed by atoms with Gasteiger partial charge in [-0.3, -0.25) is 9.59 Å². The summed E-state index contributed by atoms with van der Waals surface area (Å²) >= 11 is 0. The number of carbonyl (C=O) groups excluding carboxylic acids is 1. The number of H-pyrrole nitrogens is 1. The highest BCUT2D eigenvalue weighted by molar-refractivity contribution is 5.93. The minimum absolute atomic E-state index is 0.0312. The van der Waals surface area contributed by atoms with E-state index in [9.17, 15) is 9.59 Å². The Kier molecular flexibility index (Phi) is 4.84. The third-order valence-corrected chi connectivity index (χ3v) is 4.13. The average molecular weight is 336 g/mol. The molecule has 0 radical (unpaired) electrons. The van der Waals surface area contributed by atoms with Crippen LogP contribution in [0, 0.1) is 0 Å². The number of para-hydroxylation sites is 1. The fourth-order valence-electron chi connectivity index (χ4n) is 2.77. The second-order valence-corrected chi connectivity index (χ2v) is 5.75. The highest BCUT2D eigenvalue weighted by Crippen LogP contribution is 2.21. The van der Waals surface area contributed by atoms with E-state index in [2.05, 4.69) is 4.98 Å². The second-order valence-electron chi connectivity index (χ2n) is 5.75. The number of benzene rings is 2. The molecule has 1 aromatic heterocycles. The Morgan fingerprint density at radius 1 is 1.12 bits per heavy atom. The summed E-state index contributed by atoms with van der Waals surface area (Å²) in [5, 5.41) is 0.867. The van der Waals surface area contributed by atoms with E-state index in [0.717, 1.165) is 22.3 Å². The SMILES string of the molecule is CCC(=O)N(Cc1cc2cc(OC)ccc2[nH]c1=O)c1ccccc1. The van der Waals surface area contributed by atoms with Crippen molar-refractivity contribution in [3.8, 4) is 5.75 Å². The molecule has 0 fully saturated rings. The lowest BCUT2D eigenvalue weighted by Crippen LogP contribution is -2.32. The zero-order chi connectivity index (χ0) is 17.8. The van der Waals surface area contributed by atoms with Crippen molar-refractivity contribution < 1.29 is 9.53 Å². The van der Waals surface area contributed by atoms with Gasteiger partial charge in [0.15, 0.2) is 0 Å². The Labute approximate surface area is 145 Å². The summed E-state index contributed by atoms with van der Waals surface area (Å²) in [5.74, 6) is 0.686. The molecule has 25 heavy (non-hydrogen) atoms. The maximum absolute atomic E-state index is 12.4. The van der Waals surface area contributed by atoms with Crippen LogP contribution in [0.15, 0.2) is 59.4 Å². The molecule has 1 heterocycles. The number of nitrogens with one attached hydrogen (secondary N) is 1. The summed E-state index contributed by atoms with van der Waals surface area (Å²) in [7, 11) is 1.60. The van der Waals surface area contributed by atoms with Crippen LogP contribution in [-0.4, -0.2) is 18.0 Å². The van der Waals surface area contributed by atoms with Crippen LogP contribution in [0.1, 0.15) is 18.9 Å². The lowest BCUT2D eigenvalue weighted by molar-refractivity contribution is -0.118. The van der Waals surface area contributed by atoms with Gasteiger partial charge < -0.3 is 14.6 Å². The molecule has 0 aliphatic rings. The highest BCUT2D eigenvalue weighted by Gasteiger charge is 2.16. The number of aromatic amines is 1. The van der Waals surface area contributed by atoms with Gasteiger partial charge in [-0.2, -0.15) is 0 Å². The van der Waals surface area contributed by atoms with Crippen LogP contribution in [0.2, 0.25) is 0 Å². The van der Waals surface area contributed by atoms with Gasteiger partial charge in [-0.05, 0) is 36.4 Å². The van der Waals surface area contributed by atoms with Gasteiger partial charge in [0.1, 0.15) is 5.75 Å². The first kappa shape index (κ1) is 16.8. The first-order valence-electron chi connectivity index (χ1n) is 8.17. The summed E-state index contributed by atoms with van der Waals surface area (Å²) in [6, 6.07) is 16.7. The Morgan fingerprint density at radius 3 is 2.56 bits per heavy atom. The smallest absolute Gasteiger partial charge is 0.253 e. The molecule has 0 spiro atoms. The number of aromatic nitrogens is 1. The summed E-state index contributed by atoms with van der Waals surface area (Å²) in [5.41, 5.74) is 1.86. The number of anilines is 1. The molecule has 0 aliphatic heterocycles. The van der Waals surface area contributed by atoms with Crippen molar-refractivity contribution >= 4 is 22.5 Å². The standard InChI is InChI=1S/C20H20N2O3/c1-3-19(23)22(16-7-5-4-6-8-16)13-15-11-14-12-17(25-2)9-10-18(14)21-20(15)24/h4-12H,3,13H2,1-2H3,(H,21,24). The van der Waals surface area contributed by atoms with E-state index < -0.39 is 0 Å². The first-order valence-corrected chi connectivity index (χ1v) is 8.17. The van der Waals surface area contributed by atoms with Crippen molar-refractivity contribution in [2.75, 3.05) is 12.0 Å². The summed E-state index contributed by atoms with van der Waals surface area (Å²) < 4.78 is 5.24. The Balaban J connectivity index is 2.03. The minimum Gasteiger partial charge on any atom is -0.497 e. The predicted molar refractivity (Wildman–Crippen MR) is 99.0 cm³/mol. The molecule has 2 aromatic carbocycles. The number of pyridine rings is 1. The number of amides is 1. The van der Waals surface area contributed by atoms with Crippen LogP contribution in [0.3, 0.4) is 0 Å². The molecule has 0 saturated carbocycles. The van der Waals surface area contributed by atoms with E-state index in [1.54, 1.807) is 18.1 Å². The van der Waals surface area contributed by atoms with Gasteiger partial charge in [-0.15, -0.1) is 0 Å². The number of carbonyl (C=O) groups is 1. The zero-order valence-electron chi connectivity index (χ0n) is 14.3. The quantitative estimate of drug-likeness (QED) is 0.776. The van der Waals surface area contributed by atoms with Gasteiger partial charge >= 0.3 is 0 Å². The van der Waals surface area contributed by atoms with Gasteiger partial charge in [0.05, 0.1) is 13.7 Å². The normalized spacial score (nSPS) is 10.6. The third kappa shape index (κ3) is 3.55. The van der Waals surface area contributed by atoms with Crippen LogP contribution >= 0.6 is 0 Å². The largest absolute Gasteiger partial charge is 0.497 e. The van der Waals surface area contributed by atoms with Crippen molar-refractivity contribution in [1.29, 1.82) is 0 Å². The topological polar surface area (TPSA) is 62.4 Å². The Morgan fingerprint density at radius 2 is 1.88 bits per heavy atom. The van der Waals surface area contributed by atoms with E-state index in [1.165, 1.54) is 0 Å². The zero-order valence-corrected chi connectivity index (χ0v) is 14.3. The maximum Gasteiger partial charge on any atom is 0.253 e. The minimum atomic E-state index is -0.192. The lowest BCUT2D eigenvalue weighted by atomic mass is 10.1. The maximum atomic E-state index is 12.4. The van der Waals surface area contributed by atoms with Gasteiger partial charge in [0.2, 0.25) is 5.91 Å². The lowest BCUT2D eigenvalue weighted by Gasteiger charge is -2.22. The summed E-state index contributed by atoms with van der Waals surface area (Å²) in [4.78, 5) is 29.3. The van der Waals surface area contributed by atoms with Crippen LogP contribution in [0.25, 0.3) is 10.9 Å². The van der Waals surface area contributed by atoms with Crippen LogP contribution in [0.5, 0.6) is 5.75 Å². The number of hydrogen-bond donors (Lipinski definition) is 1. The van der Waals surface area contributed by atoms with Gasteiger partial charge in [0.25, 0.3) is 5.56 Å².